The molecule has 2 aromatic carbocycles. The molecule has 0 saturated heterocycles. The lowest BCUT2D eigenvalue weighted by atomic mass is 10.1. The molecule has 0 aromatic heterocycles. The van der Waals surface area contributed by atoms with Gasteiger partial charge in [-0.05, 0) is 53.2 Å². The average molecular weight is 353 g/mol. The molecule has 0 amide bonds. The Morgan fingerprint density at radius 1 is 1.25 bits per heavy atom. The van der Waals surface area contributed by atoms with E-state index in [1.807, 2.05) is 6.07 Å². The zero-order valence-electron chi connectivity index (χ0n) is 10.6. The molecule has 2 aromatic rings. The molecule has 0 heterocycles. The normalized spacial score (nSPS) is 11.8. The van der Waals surface area contributed by atoms with E-state index in [1.54, 1.807) is 43.3 Å². The third-order valence-corrected chi connectivity index (χ3v) is 3.56. The molecule has 0 saturated carbocycles. The summed E-state index contributed by atoms with van der Waals surface area (Å²) in [4.78, 5) is 0. The molecular formula is C15H11BrClNO2. The number of ether oxygens (including phenoxy) is 1. The van der Waals surface area contributed by atoms with Crippen molar-refractivity contribution in [3.63, 3.8) is 0 Å². The second kappa shape index (κ2) is 6.27. The maximum Gasteiger partial charge on any atom is 0.141 e. The molecule has 2 rings (SSSR count). The molecule has 0 aliphatic heterocycles. The van der Waals surface area contributed by atoms with Crippen LogP contribution in [0.15, 0.2) is 40.9 Å². The Kier molecular flexibility index (Phi) is 4.66. The maximum atomic E-state index is 9.76. The summed E-state index contributed by atoms with van der Waals surface area (Å²) in [5.41, 5.74) is 1.08. The second-order valence-corrected chi connectivity index (χ2v) is 5.51. The van der Waals surface area contributed by atoms with Crippen LogP contribution in [0, 0.1) is 11.3 Å². The Bertz CT molecular complexity index is 680. The predicted octanol–water partition coefficient (Wildman–Crippen LogP) is 4.82. The molecule has 102 valence electrons. The largest absolute Gasteiger partial charge is 0.456 e. The quantitative estimate of drug-likeness (QED) is 0.861. The van der Waals surface area contributed by atoms with Crippen molar-refractivity contribution >= 4 is 27.5 Å². The van der Waals surface area contributed by atoms with Crippen molar-refractivity contribution in [3.05, 3.63) is 57.0 Å². The minimum atomic E-state index is -0.691. The number of rotatable bonds is 3. The average Bonchev–Trinajstić information content (AvgIpc) is 2.41. The SMILES string of the molecule is C[C@@H](O)c1ccc(C#N)cc1Oc1ccc(Cl)cc1Br. The molecule has 1 N–H and O–H groups in total. The van der Waals surface area contributed by atoms with Gasteiger partial charge < -0.3 is 9.84 Å². The van der Waals surface area contributed by atoms with Crippen molar-refractivity contribution in [3.8, 4) is 17.6 Å². The number of aliphatic hydroxyl groups is 1. The monoisotopic (exact) mass is 351 g/mol. The van der Waals surface area contributed by atoms with Crippen molar-refractivity contribution < 1.29 is 9.84 Å². The van der Waals surface area contributed by atoms with Gasteiger partial charge in [0.1, 0.15) is 11.5 Å². The summed E-state index contributed by atoms with van der Waals surface area (Å²) in [5.74, 6) is 1.01. The van der Waals surface area contributed by atoms with E-state index in [4.69, 9.17) is 21.6 Å². The lowest BCUT2D eigenvalue weighted by molar-refractivity contribution is 0.195. The summed E-state index contributed by atoms with van der Waals surface area (Å²) in [6.07, 6.45) is -0.691. The molecule has 20 heavy (non-hydrogen) atoms. The lowest BCUT2D eigenvalue weighted by Gasteiger charge is -2.14. The summed E-state index contributed by atoms with van der Waals surface area (Å²) in [7, 11) is 0. The van der Waals surface area contributed by atoms with Gasteiger partial charge >= 0.3 is 0 Å². The third-order valence-electron chi connectivity index (χ3n) is 2.71. The topological polar surface area (TPSA) is 53.2 Å². The summed E-state index contributed by atoms with van der Waals surface area (Å²) < 4.78 is 6.48. The van der Waals surface area contributed by atoms with E-state index in [9.17, 15) is 5.11 Å². The van der Waals surface area contributed by atoms with Gasteiger partial charge in [-0.1, -0.05) is 17.7 Å². The van der Waals surface area contributed by atoms with Crippen LogP contribution in [0.5, 0.6) is 11.5 Å². The number of hydrogen-bond donors (Lipinski definition) is 1. The van der Waals surface area contributed by atoms with Crippen molar-refractivity contribution in [1.82, 2.24) is 0 Å². The van der Waals surface area contributed by atoms with E-state index in [0.717, 1.165) is 0 Å². The first-order valence-electron chi connectivity index (χ1n) is 5.86. The van der Waals surface area contributed by atoms with Crippen molar-refractivity contribution in [2.75, 3.05) is 0 Å². The Morgan fingerprint density at radius 2 is 2.00 bits per heavy atom. The molecule has 0 aliphatic rings. The minimum Gasteiger partial charge on any atom is -0.456 e. The van der Waals surface area contributed by atoms with Gasteiger partial charge in [-0.15, -0.1) is 0 Å². The third kappa shape index (κ3) is 3.31. The van der Waals surface area contributed by atoms with Crippen LogP contribution in [0.4, 0.5) is 0 Å². The van der Waals surface area contributed by atoms with E-state index in [1.165, 1.54) is 0 Å². The highest BCUT2D eigenvalue weighted by molar-refractivity contribution is 9.10. The molecule has 0 bridgehead atoms. The molecule has 0 radical (unpaired) electrons. The highest BCUT2D eigenvalue weighted by Gasteiger charge is 2.12. The van der Waals surface area contributed by atoms with Crippen LogP contribution in [0.25, 0.3) is 0 Å². The summed E-state index contributed by atoms with van der Waals surface area (Å²) in [6.45, 7) is 1.64. The van der Waals surface area contributed by atoms with Crippen LogP contribution < -0.4 is 4.74 Å². The van der Waals surface area contributed by atoms with Gasteiger partial charge in [-0.2, -0.15) is 5.26 Å². The van der Waals surface area contributed by atoms with Gasteiger partial charge in [-0.25, -0.2) is 0 Å². The zero-order chi connectivity index (χ0) is 14.7. The standard InChI is InChI=1S/C15H11BrClNO2/c1-9(19)12-4-2-10(8-18)6-15(12)20-14-5-3-11(17)7-13(14)16/h2-7,9,19H,1H3/t9-/m1/s1. The second-order valence-electron chi connectivity index (χ2n) is 4.22. The first kappa shape index (κ1) is 14.9. The number of nitrogens with zero attached hydrogens (tertiary/aromatic N) is 1. The van der Waals surface area contributed by atoms with Crippen LogP contribution in [0.2, 0.25) is 5.02 Å². The molecule has 1 atom stereocenters. The van der Waals surface area contributed by atoms with Crippen LogP contribution >= 0.6 is 27.5 Å². The van der Waals surface area contributed by atoms with Crippen molar-refractivity contribution in [2.45, 2.75) is 13.0 Å². The first-order chi connectivity index (χ1) is 9.51. The number of nitriles is 1. The molecule has 3 nitrogen and oxygen atoms in total. The van der Waals surface area contributed by atoms with Gasteiger partial charge in [0.05, 0.1) is 22.2 Å². The molecule has 5 heteroatoms. The summed E-state index contributed by atoms with van der Waals surface area (Å²) in [6, 6.07) is 12.1. The molecule has 0 aliphatic carbocycles. The zero-order valence-corrected chi connectivity index (χ0v) is 12.9. The van der Waals surface area contributed by atoms with E-state index in [2.05, 4.69) is 15.9 Å². The number of aliphatic hydroxyl groups excluding tert-OH is 1. The predicted molar refractivity (Wildman–Crippen MR) is 81.0 cm³/mol. The first-order valence-corrected chi connectivity index (χ1v) is 7.03. The number of benzene rings is 2. The van der Waals surface area contributed by atoms with Gasteiger partial charge in [0.2, 0.25) is 0 Å². The molecule has 0 unspecified atom stereocenters. The highest BCUT2D eigenvalue weighted by Crippen LogP contribution is 2.35. The van der Waals surface area contributed by atoms with E-state index >= 15 is 0 Å². The Balaban J connectivity index is 2.43. The fourth-order valence-corrected chi connectivity index (χ4v) is 2.48. The Hall–Kier alpha value is -1.54. The molecular weight excluding hydrogens is 342 g/mol. The fourth-order valence-electron chi connectivity index (χ4n) is 1.71. The highest BCUT2D eigenvalue weighted by atomic mass is 79.9. The Labute approximate surface area is 130 Å². The van der Waals surface area contributed by atoms with Crippen LogP contribution in [0.3, 0.4) is 0 Å². The van der Waals surface area contributed by atoms with E-state index in [-0.39, 0.29) is 0 Å². The van der Waals surface area contributed by atoms with Crippen molar-refractivity contribution in [1.29, 1.82) is 5.26 Å². The van der Waals surface area contributed by atoms with Gasteiger partial charge in [0, 0.05) is 10.6 Å². The lowest BCUT2D eigenvalue weighted by Crippen LogP contribution is -1.97. The van der Waals surface area contributed by atoms with Crippen molar-refractivity contribution in [2.24, 2.45) is 0 Å². The summed E-state index contributed by atoms with van der Waals surface area (Å²) >= 11 is 9.25. The maximum absolute atomic E-state index is 9.76. The van der Waals surface area contributed by atoms with Crippen LogP contribution in [0.1, 0.15) is 24.2 Å². The van der Waals surface area contributed by atoms with E-state index in [0.29, 0.717) is 32.1 Å². The number of hydrogen-bond acceptors (Lipinski definition) is 3. The molecule has 0 spiro atoms. The van der Waals surface area contributed by atoms with Gasteiger partial charge in [0.25, 0.3) is 0 Å². The smallest absolute Gasteiger partial charge is 0.141 e. The van der Waals surface area contributed by atoms with Crippen LogP contribution in [-0.4, -0.2) is 5.11 Å². The van der Waals surface area contributed by atoms with E-state index < -0.39 is 6.10 Å². The summed E-state index contributed by atoms with van der Waals surface area (Å²) in [5, 5.41) is 19.3. The molecule has 0 fully saturated rings. The fraction of sp³-hybridized carbons (Fsp3) is 0.133. The Morgan fingerprint density at radius 3 is 2.60 bits per heavy atom. The van der Waals surface area contributed by atoms with Gasteiger partial charge in [0.15, 0.2) is 0 Å². The minimum absolute atomic E-state index is 0.446. The van der Waals surface area contributed by atoms with Gasteiger partial charge in [-0.3, -0.25) is 0 Å². The van der Waals surface area contributed by atoms with Crippen LogP contribution in [-0.2, 0) is 0 Å². The number of halogens is 2.